The van der Waals surface area contributed by atoms with Crippen LogP contribution in [-0.2, 0) is 0 Å². The molecule has 124 valence electrons. The van der Waals surface area contributed by atoms with Crippen molar-refractivity contribution in [2.24, 2.45) is 0 Å². The van der Waals surface area contributed by atoms with E-state index in [2.05, 4.69) is 10.3 Å². The summed E-state index contributed by atoms with van der Waals surface area (Å²) >= 11 is 0. The van der Waals surface area contributed by atoms with Gasteiger partial charge in [-0.1, -0.05) is 6.07 Å². The van der Waals surface area contributed by atoms with Gasteiger partial charge in [0.15, 0.2) is 0 Å². The van der Waals surface area contributed by atoms with E-state index in [9.17, 15) is 14.0 Å². The van der Waals surface area contributed by atoms with Crippen molar-refractivity contribution in [3.63, 3.8) is 0 Å². The Hall–Kier alpha value is -2.76. The number of carbonyl (C=O) groups excluding carboxylic acids is 2. The van der Waals surface area contributed by atoms with Crippen LogP contribution in [0.1, 0.15) is 40.1 Å². The molecule has 0 aliphatic carbocycles. The molecule has 0 bridgehead atoms. The van der Waals surface area contributed by atoms with Gasteiger partial charge in [-0.2, -0.15) is 0 Å². The molecular formula is C18H18FN3O2. The summed E-state index contributed by atoms with van der Waals surface area (Å²) in [6.07, 6.45) is 4.56. The Bertz CT molecular complexity index is 757. The van der Waals surface area contributed by atoms with Crippen LogP contribution < -0.4 is 5.32 Å². The molecule has 1 aromatic carbocycles. The van der Waals surface area contributed by atoms with Gasteiger partial charge < -0.3 is 10.2 Å². The molecular weight excluding hydrogens is 309 g/mol. The first-order chi connectivity index (χ1) is 11.6. The zero-order chi connectivity index (χ0) is 16.9. The van der Waals surface area contributed by atoms with Crippen molar-refractivity contribution in [2.75, 3.05) is 18.4 Å². The van der Waals surface area contributed by atoms with Crippen LogP contribution in [0.5, 0.6) is 0 Å². The summed E-state index contributed by atoms with van der Waals surface area (Å²) in [6, 6.07) is 8.66. The first-order valence-electron chi connectivity index (χ1n) is 7.96. The monoisotopic (exact) mass is 327 g/mol. The Balaban J connectivity index is 1.74. The molecule has 1 fully saturated rings. The van der Waals surface area contributed by atoms with Crippen LogP contribution in [0.25, 0.3) is 0 Å². The van der Waals surface area contributed by atoms with Gasteiger partial charge in [0.1, 0.15) is 11.5 Å². The van der Waals surface area contributed by atoms with Crippen LogP contribution in [-0.4, -0.2) is 34.8 Å². The van der Waals surface area contributed by atoms with E-state index >= 15 is 0 Å². The molecule has 2 amide bonds. The minimum absolute atomic E-state index is 0.157. The van der Waals surface area contributed by atoms with Gasteiger partial charge in [0.25, 0.3) is 11.8 Å². The fourth-order valence-corrected chi connectivity index (χ4v) is 2.72. The predicted octanol–water partition coefficient (Wildman–Crippen LogP) is 3.10. The SMILES string of the molecule is O=C(Nc1cccc(F)c1)c1ccnc(C(=O)N2CCCCC2)c1. The van der Waals surface area contributed by atoms with Crippen LogP contribution in [0.15, 0.2) is 42.6 Å². The van der Waals surface area contributed by atoms with Crippen LogP contribution in [0.2, 0.25) is 0 Å². The minimum atomic E-state index is -0.427. The number of rotatable bonds is 3. The van der Waals surface area contributed by atoms with Gasteiger partial charge in [0, 0.05) is 30.5 Å². The summed E-state index contributed by atoms with van der Waals surface area (Å²) < 4.78 is 13.2. The average molecular weight is 327 g/mol. The van der Waals surface area contributed by atoms with Crippen molar-refractivity contribution >= 4 is 17.5 Å². The average Bonchev–Trinajstić information content (AvgIpc) is 2.62. The Morgan fingerprint density at radius 1 is 1.08 bits per heavy atom. The van der Waals surface area contributed by atoms with E-state index in [1.807, 2.05) is 0 Å². The lowest BCUT2D eigenvalue weighted by atomic mass is 10.1. The second-order valence-corrected chi connectivity index (χ2v) is 5.75. The number of aromatic nitrogens is 1. The summed E-state index contributed by atoms with van der Waals surface area (Å²) in [6.45, 7) is 1.44. The second kappa shape index (κ2) is 7.21. The molecule has 1 aliphatic heterocycles. The van der Waals surface area contributed by atoms with Gasteiger partial charge in [-0.3, -0.25) is 14.6 Å². The maximum Gasteiger partial charge on any atom is 0.272 e. The number of anilines is 1. The number of nitrogens with zero attached hydrogens (tertiary/aromatic N) is 2. The Labute approximate surface area is 139 Å². The maximum atomic E-state index is 13.2. The molecule has 1 aliphatic rings. The highest BCUT2D eigenvalue weighted by Gasteiger charge is 2.20. The lowest BCUT2D eigenvalue weighted by Crippen LogP contribution is -2.36. The molecule has 24 heavy (non-hydrogen) atoms. The number of pyridine rings is 1. The van der Waals surface area contributed by atoms with E-state index in [-0.39, 0.29) is 11.6 Å². The number of nitrogens with one attached hydrogen (secondary N) is 1. The van der Waals surface area contributed by atoms with Crippen molar-refractivity contribution in [2.45, 2.75) is 19.3 Å². The first kappa shape index (κ1) is 16.1. The number of amides is 2. The minimum Gasteiger partial charge on any atom is -0.337 e. The van der Waals surface area contributed by atoms with Gasteiger partial charge in [0.05, 0.1) is 0 Å². The quantitative estimate of drug-likeness (QED) is 0.942. The number of halogens is 1. The van der Waals surface area contributed by atoms with E-state index in [1.54, 1.807) is 11.0 Å². The smallest absolute Gasteiger partial charge is 0.272 e. The highest BCUT2D eigenvalue weighted by molar-refractivity contribution is 6.05. The number of piperidine rings is 1. The number of benzene rings is 1. The largest absolute Gasteiger partial charge is 0.337 e. The third kappa shape index (κ3) is 3.76. The van der Waals surface area contributed by atoms with Gasteiger partial charge >= 0.3 is 0 Å². The summed E-state index contributed by atoms with van der Waals surface area (Å²) in [5, 5.41) is 2.61. The molecule has 1 aromatic heterocycles. The lowest BCUT2D eigenvalue weighted by molar-refractivity contribution is 0.0718. The van der Waals surface area contributed by atoms with Crippen molar-refractivity contribution in [1.29, 1.82) is 0 Å². The molecule has 1 N–H and O–H groups in total. The summed E-state index contributed by atoms with van der Waals surface area (Å²) in [5.41, 5.74) is 0.930. The number of likely N-dealkylation sites (tertiary alicyclic amines) is 1. The third-order valence-corrected chi connectivity index (χ3v) is 3.97. The van der Waals surface area contributed by atoms with E-state index in [0.717, 1.165) is 32.4 Å². The molecule has 5 nitrogen and oxygen atoms in total. The zero-order valence-corrected chi connectivity index (χ0v) is 13.2. The van der Waals surface area contributed by atoms with Crippen LogP contribution in [0, 0.1) is 5.82 Å². The Morgan fingerprint density at radius 3 is 2.62 bits per heavy atom. The van der Waals surface area contributed by atoms with Crippen LogP contribution in [0.3, 0.4) is 0 Å². The highest BCUT2D eigenvalue weighted by Crippen LogP contribution is 2.14. The number of carbonyl (C=O) groups is 2. The highest BCUT2D eigenvalue weighted by atomic mass is 19.1. The predicted molar refractivity (Wildman–Crippen MR) is 88.3 cm³/mol. The fourth-order valence-electron chi connectivity index (χ4n) is 2.72. The maximum absolute atomic E-state index is 13.2. The summed E-state index contributed by atoms with van der Waals surface area (Å²) in [7, 11) is 0. The molecule has 0 unspecified atom stereocenters. The van der Waals surface area contributed by atoms with Gasteiger partial charge in [0.2, 0.25) is 0 Å². The second-order valence-electron chi connectivity index (χ2n) is 5.75. The van der Waals surface area contributed by atoms with Gasteiger partial charge in [-0.05, 0) is 49.6 Å². The first-order valence-corrected chi connectivity index (χ1v) is 7.96. The van der Waals surface area contributed by atoms with Crippen LogP contribution in [0.4, 0.5) is 10.1 Å². The molecule has 0 saturated carbocycles. The molecule has 0 spiro atoms. The van der Waals surface area contributed by atoms with E-state index in [1.165, 1.54) is 36.5 Å². The van der Waals surface area contributed by atoms with Crippen molar-refractivity contribution in [1.82, 2.24) is 9.88 Å². The molecule has 2 heterocycles. The zero-order valence-electron chi connectivity index (χ0n) is 13.2. The van der Waals surface area contributed by atoms with Gasteiger partial charge in [-0.15, -0.1) is 0 Å². The van der Waals surface area contributed by atoms with Crippen molar-refractivity contribution in [3.05, 3.63) is 59.7 Å². The van der Waals surface area contributed by atoms with Crippen molar-refractivity contribution in [3.8, 4) is 0 Å². The summed E-state index contributed by atoms with van der Waals surface area (Å²) in [5.74, 6) is -0.991. The number of hydrogen-bond donors (Lipinski definition) is 1. The Kier molecular flexibility index (Phi) is 4.84. The van der Waals surface area contributed by atoms with E-state index in [4.69, 9.17) is 0 Å². The van der Waals surface area contributed by atoms with Gasteiger partial charge in [-0.25, -0.2) is 4.39 Å². The molecule has 0 atom stereocenters. The van der Waals surface area contributed by atoms with Crippen molar-refractivity contribution < 1.29 is 14.0 Å². The standard InChI is InChI=1S/C18H18FN3O2/c19-14-5-4-6-15(12-14)21-17(23)13-7-8-20-16(11-13)18(24)22-9-2-1-3-10-22/h4-8,11-12H,1-3,9-10H2,(H,21,23). The van der Waals surface area contributed by atoms with E-state index < -0.39 is 11.7 Å². The third-order valence-electron chi connectivity index (χ3n) is 3.97. The number of hydrogen-bond acceptors (Lipinski definition) is 3. The normalized spacial score (nSPS) is 14.3. The summed E-state index contributed by atoms with van der Waals surface area (Å²) in [4.78, 5) is 30.6. The Morgan fingerprint density at radius 2 is 1.88 bits per heavy atom. The molecule has 0 radical (unpaired) electrons. The molecule has 6 heteroatoms. The molecule has 2 aromatic rings. The topological polar surface area (TPSA) is 62.3 Å². The lowest BCUT2D eigenvalue weighted by Gasteiger charge is -2.26. The van der Waals surface area contributed by atoms with E-state index in [0.29, 0.717) is 11.3 Å². The molecule has 3 rings (SSSR count). The fraction of sp³-hybridized carbons (Fsp3) is 0.278. The molecule has 1 saturated heterocycles. The van der Waals surface area contributed by atoms with Crippen LogP contribution >= 0.6 is 0 Å².